The van der Waals surface area contributed by atoms with Crippen molar-refractivity contribution >= 4 is 38.1 Å². The van der Waals surface area contributed by atoms with Gasteiger partial charge in [-0.2, -0.15) is 0 Å². The fraction of sp³-hybridized carbons (Fsp3) is 0.364. The van der Waals surface area contributed by atoms with Gasteiger partial charge in [0.15, 0.2) is 5.60 Å². The highest BCUT2D eigenvalue weighted by Gasteiger charge is 2.58. The van der Waals surface area contributed by atoms with Gasteiger partial charge >= 0.3 is 0 Å². The molecule has 4 nitrogen and oxygen atoms in total. The number of oxime groups is 1. The van der Waals surface area contributed by atoms with Crippen LogP contribution in [0.5, 0.6) is 0 Å². The van der Waals surface area contributed by atoms with E-state index in [1.165, 1.54) is 12.1 Å². The molecule has 7 heteroatoms. The fourth-order valence-electron chi connectivity index (χ4n) is 1.46. The number of sulfone groups is 1. The minimum Gasteiger partial charge on any atom is -0.385 e. The first-order valence-electron chi connectivity index (χ1n) is 5.14. The lowest BCUT2D eigenvalue weighted by Crippen LogP contribution is -2.45. The van der Waals surface area contributed by atoms with E-state index in [4.69, 9.17) is 28.0 Å². The second kappa shape index (κ2) is 4.11. The summed E-state index contributed by atoms with van der Waals surface area (Å²) in [7, 11) is -3.86. The van der Waals surface area contributed by atoms with Gasteiger partial charge in [-0.25, -0.2) is 8.42 Å². The molecule has 0 radical (unpaired) electrons. The number of hydrogen-bond donors (Lipinski definition) is 0. The van der Waals surface area contributed by atoms with Crippen LogP contribution in [-0.4, -0.2) is 23.4 Å². The van der Waals surface area contributed by atoms with E-state index < -0.39 is 19.8 Å². The quantitative estimate of drug-likeness (QED) is 0.750. The van der Waals surface area contributed by atoms with Crippen LogP contribution in [0.1, 0.15) is 13.8 Å². The Morgan fingerprint density at radius 1 is 1.17 bits per heavy atom. The van der Waals surface area contributed by atoms with Crippen molar-refractivity contribution < 1.29 is 13.3 Å². The molecule has 0 amide bonds. The third kappa shape index (κ3) is 1.90. The van der Waals surface area contributed by atoms with Gasteiger partial charge in [-0.1, -0.05) is 46.6 Å². The molecule has 0 bridgehead atoms. The first kappa shape index (κ1) is 13.6. The third-order valence-electron chi connectivity index (χ3n) is 2.69. The Morgan fingerprint density at radius 3 is 2.17 bits per heavy atom. The van der Waals surface area contributed by atoms with Crippen molar-refractivity contribution in [1.29, 1.82) is 0 Å². The first-order chi connectivity index (χ1) is 8.19. The lowest BCUT2D eigenvalue weighted by atomic mass is 10.1. The Kier molecular flexibility index (Phi) is 3.12. The van der Waals surface area contributed by atoms with Crippen molar-refractivity contribution in [2.24, 2.45) is 5.16 Å². The standard InChI is InChI=1S/C11H11Cl2NO3S/c1-10(2)11(12,13)9(14-17-10)18(15,16)8-6-4-3-5-7-8/h3-7H,1-2H3. The Morgan fingerprint density at radius 2 is 1.72 bits per heavy atom. The molecule has 0 atom stereocenters. The highest BCUT2D eigenvalue weighted by molar-refractivity contribution is 8.07. The predicted octanol–water partition coefficient (Wildman–Crippen LogP) is 2.76. The minimum atomic E-state index is -3.86. The molecule has 0 saturated heterocycles. The summed E-state index contributed by atoms with van der Waals surface area (Å²) < 4.78 is 23.0. The van der Waals surface area contributed by atoms with Gasteiger partial charge in [0.1, 0.15) is 0 Å². The van der Waals surface area contributed by atoms with Crippen molar-refractivity contribution in [3.05, 3.63) is 30.3 Å². The molecule has 0 spiro atoms. The molecule has 1 heterocycles. The van der Waals surface area contributed by atoms with Crippen LogP contribution in [-0.2, 0) is 14.7 Å². The lowest BCUT2D eigenvalue weighted by molar-refractivity contribution is 0.00775. The van der Waals surface area contributed by atoms with Gasteiger partial charge in [0.25, 0.3) is 0 Å². The summed E-state index contributed by atoms with van der Waals surface area (Å²) in [5.41, 5.74) is -1.10. The van der Waals surface area contributed by atoms with Crippen molar-refractivity contribution in [3.63, 3.8) is 0 Å². The summed E-state index contributed by atoms with van der Waals surface area (Å²) in [6.07, 6.45) is 0. The van der Waals surface area contributed by atoms with E-state index in [1.807, 2.05) is 0 Å². The molecular formula is C11H11Cl2NO3S. The van der Waals surface area contributed by atoms with Gasteiger partial charge in [-0.15, -0.1) is 0 Å². The van der Waals surface area contributed by atoms with E-state index in [2.05, 4.69) is 5.16 Å². The molecule has 0 fully saturated rings. The highest BCUT2D eigenvalue weighted by atomic mass is 35.5. The van der Waals surface area contributed by atoms with E-state index in [0.29, 0.717) is 0 Å². The predicted molar refractivity (Wildman–Crippen MR) is 70.7 cm³/mol. The number of nitrogens with zero attached hydrogens (tertiary/aromatic N) is 1. The van der Waals surface area contributed by atoms with Crippen LogP contribution in [0, 0.1) is 0 Å². The van der Waals surface area contributed by atoms with Gasteiger partial charge in [-0.3, -0.25) is 0 Å². The maximum atomic E-state index is 12.4. The molecule has 0 aromatic heterocycles. The van der Waals surface area contributed by atoms with E-state index in [-0.39, 0.29) is 9.94 Å². The molecule has 0 N–H and O–H groups in total. The average Bonchev–Trinajstić information content (AvgIpc) is 2.50. The van der Waals surface area contributed by atoms with E-state index in [0.717, 1.165) is 0 Å². The summed E-state index contributed by atoms with van der Waals surface area (Å²) in [6.45, 7) is 3.15. The van der Waals surface area contributed by atoms with Crippen molar-refractivity contribution in [3.8, 4) is 0 Å². The second-order valence-electron chi connectivity index (χ2n) is 4.39. The largest absolute Gasteiger partial charge is 0.385 e. The van der Waals surface area contributed by atoms with Crippen LogP contribution in [0.3, 0.4) is 0 Å². The van der Waals surface area contributed by atoms with Crippen LogP contribution in [0.4, 0.5) is 0 Å². The van der Waals surface area contributed by atoms with Gasteiger partial charge in [-0.05, 0) is 26.0 Å². The topological polar surface area (TPSA) is 55.7 Å². The SMILES string of the molecule is CC1(C)ON=C(S(=O)(=O)c2ccccc2)C1(Cl)Cl. The fourth-order valence-corrected chi connectivity index (χ4v) is 3.66. The van der Waals surface area contributed by atoms with Crippen LogP contribution in [0.2, 0.25) is 0 Å². The normalized spacial score (nSPS) is 21.2. The van der Waals surface area contributed by atoms with Crippen LogP contribution < -0.4 is 0 Å². The zero-order valence-corrected chi connectivity index (χ0v) is 12.1. The molecule has 2 rings (SSSR count). The Labute approximate surface area is 115 Å². The molecule has 1 aliphatic rings. The highest BCUT2D eigenvalue weighted by Crippen LogP contribution is 2.45. The van der Waals surface area contributed by atoms with Gasteiger partial charge in [0.2, 0.25) is 19.2 Å². The Bertz CT molecular complexity index is 594. The molecule has 98 valence electrons. The van der Waals surface area contributed by atoms with Crippen molar-refractivity contribution in [2.75, 3.05) is 0 Å². The van der Waals surface area contributed by atoms with E-state index >= 15 is 0 Å². The molecule has 18 heavy (non-hydrogen) atoms. The van der Waals surface area contributed by atoms with Crippen LogP contribution in [0.15, 0.2) is 40.4 Å². The Hall–Kier alpha value is -0.780. The minimum absolute atomic E-state index is 0.0794. The number of alkyl halides is 2. The summed E-state index contributed by atoms with van der Waals surface area (Å²) in [6, 6.07) is 7.84. The molecule has 1 aromatic rings. The van der Waals surface area contributed by atoms with Crippen LogP contribution in [0.25, 0.3) is 0 Å². The monoisotopic (exact) mass is 307 g/mol. The lowest BCUT2D eigenvalue weighted by Gasteiger charge is -2.27. The molecule has 0 saturated carbocycles. The second-order valence-corrected chi connectivity index (χ2v) is 7.58. The van der Waals surface area contributed by atoms with Crippen molar-refractivity contribution in [1.82, 2.24) is 0 Å². The maximum Gasteiger partial charge on any atom is 0.226 e. The molecule has 1 aromatic carbocycles. The smallest absolute Gasteiger partial charge is 0.226 e. The zero-order chi connectivity index (χ0) is 13.6. The molecule has 0 aliphatic carbocycles. The van der Waals surface area contributed by atoms with Crippen molar-refractivity contribution in [2.45, 2.75) is 28.7 Å². The van der Waals surface area contributed by atoms with Gasteiger partial charge in [0, 0.05) is 0 Å². The zero-order valence-electron chi connectivity index (χ0n) is 9.72. The number of hydrogen-bond acceptors (Lipinski definition) is 4. The van der Waals surface area contributed by atoms with E-state index in [9.17, 15) is 8.42 Å². The van der Waals surface area contributed by atoms with E-state index in [1.54, 1.807) is 32.0 Å². The van der Waals surface area contributed by atoms with Gasteiger partial charge < -0.3 is 4.84 Å². The maximum absolute atomic E-state index is 12.4. The number of halogens is 2. The summed E-state index contributed by atoms with van der Waals surface area (Å²) in [4.78, 5) is 5.10. The molecule has 1 aliphatic heterocycles. The number of rotatable bonds is 1. The average molecular weight is 308 g/mol. The number of benzene rings is 1. The summed E-state index contributed by atoms with van der Waals surface area (Å²) in [5.74, 6) is 0. The Balaban J connectivity index is 2.52. The summed E-state index contributed by atoms with van der Waals surface area (Å²) >= 11 is 12.2. The molecule has 0 unspecified atom stereocenters. The molecular weight excluding hydrogens is 297 g/mol. The van der Waals surface area contributed by atoms with Gasteiger partial charge in [0.05, 0.1) is 4.90 Å². The summed E-state index contributed by atoms with van der Waals surface area (Å²) in [5, 5.41) is 3.17. The first-order valence-corrected chi connectivity index (χ1v) is 7.38. The van der Waals surface area contributed by atoms with Crippen LogP contribution >= 0.6 is 23.2 Å². The third-order valence-corrected chi connectivity index (χ3v) is 5.96.